The Kier molecular flexibility index (Phi) is 5.37. The first-order valence-electron chi connectivity index (χ1n) is 11.1. The van der Waals surface area contributed by atoms with E-state index in [1.165, 1.54) is 0 Å². The smallest absolute Gasteiger partial charge is 0.288 e. The van der Waals surface area contributed by atoms with Gasteiger partial charge in [-0.2, -0.15) is 0 Å². The minimum Gasteiger partial charge on any atom is -0.296 e. The fraction of sp³-hybridized carbons (Fsp3) is 0.292. The number of nitrogens with zero attached hydrogens (tertiary/aromatic N) is 4. The van der Waals surface area contributed by atoms with Gasteiger partial charge >= 0.3 is 0 Å². The normalized spacial score (nSPS) is 13.8. The summed E-state index contributed by atoms with van der Waals surface area (Å²) in [6.07, 6.45) is 6.69. The molecule has 0 atom stereocenters. The summed E-state index contributed by atoms with van der Waals surface area (Å²) in [5.41, 5.74) is 7.18. The Bertz CT molecular complexity index is 1450. The minimum absolute atomic E-state index is 0.0692. The van der Waals surface area contributed by atoms with Crippen molar-refractivity contribution in [2.24, 2.45) is 0 Å². The summed E-state index contributed by atoms with van der Waals surface area (Å²) in [6, 6.07) is 10.2. The quantitative estimate of drug-likeness (QED) is 0.462. The topological polar surface area (TPSA) is 110 Å². The van der Waals surface area contributed by atoms with Crippen molar-refractivity contribution < 1.29 is 9.59 Å². The fourth-order valence-electron chi connectivity index (χ4n) is 4.37. The molecule has 9 nitrogen and oxygen atoms in total. The largest absolute Gasteiger partial charge is 0.296 e. The molecule has 4 heterocycles. The number of hydrogen-bond acceptors (Lipinski definition) is 5. The highest BCUT2D eigenvalue weighted by molar-refractivity contribution is 6.00. The average molecular weight is 444 g/mol. The molecule has 168 valence electrons. The van der Waals surface area contributed by atoms with Crippen molar-refractivity contribution in [1.29, 1.82) is 0 Å². The van der Waals surface area contributed by atoms with E-state index in [0.717, 1.165) is 37.9 Å². The fourth-order valence-corrected chi connectivity index (χ4v) is 4.37. The summed E-state index contributed by atoms with van der Waals surface area (Å²) in [6.45, 7) is 2.41. The van der Waals surface area contributed by atoms with Crippen LogP contribution in [0.15, 0.2) is 47.4 Å². The predicted molar refractivity (Wildman–Crippen MR) is 123 cm³/mol. The Morgan fingerprint density at radius 1 is 0.970 bits per heavy atom. The number of hydrazine groups is 1. The maximum Gasteiger partial charge on any atom is 0.288 e. The molecule has 0 fully saturated rings. The van der Waals surface area contributed by atoms with Gasteiger partial charge in [0.05, 0.1) is 16.6 Å². The van der Waals surface area contributed by atoms with E-state index in [2.05, 4.69) is 20.8 Å². The Labute approximate surface area is 189 Å². The van der Waals surface area contributed by atoms with Gasteiger partial charge in [0.2, 0.25) is 0 Å². The zero-order chi connectivity index (χ0) is 22.9. The Morgan fingerprint density at radius 3 is 2.67 bits per heavy atom. The molecule has 5 rings (SSSR count). The van der Waals surface area contributed by atoms with Crippen LogP contribution in [0, 0.1) is 6.92 Å². The van der Waals surface area contributed by atoms with Crippen molar-refractivity contribution in [2.75, 3.05) is 0 Å². The van der Waals surface area contributed by atoms with Gasteiger partial charge in [0.25, 0.3) is 17.4 Å². The van der Waals surface area contributed by atoms with Crippen LogP contribution >= 0.6 is 0 Å². The molecule has 0 aliphatic carbocycles. The molecule has 0 saturated carbocycles. The van der Waals surface area contributed by atoms with E-state index >= 15 is 0 Å². The standard InChI is InChI=1S/C24H24N6O3/c1-15-21(29-12-7-5-9-19(29)25-15)23(32)28-27-22(31)16-10-11-17-18(14-16)26-20-8-4-2-3-6-13-30(20)24(17)33/h5,7,9-12,14H,2-4,6,8,13H2,1H3,(H,27,31)(H,28,32). The zero-order valence-electron chi connectivity index (χ0n) is 18.3. The summed E-state index contributed by atoms with van der Waals surface area (Å²) in [7, 11) is 0. The van der Waals surface area contributed by atoms with E-state index in [9.17, 15) is 14.4 Å². The Balaban J connectivity index is 1.38. The highest BCUT2D eigenvalue weighted by Crippen LogP contribution is 2.16. The van der Waals surface area contributed by atoms with E-state index in [0.29, 0.717) is 40.0 Å². The number of carbonyl (C=O) groups is 2. The van der Waals surface area contributed by atoms with Crippen LogP contribution in [0.25, 0.3) is 16.6 Å². The minimum atomic E-state index is -0.495. The Morgan fingerprint density at radius 2 is 1.79 bits per heavy atom. The highest BCUT2D eigenvalue weighted by Gasteiger charge is 2.18. The van der Waals surface area contributed by atoms with Crippen molar-refractivity contribution in [3.05, 3.63) is 75.7 Å². The van der Waals surface area contributed by atoms with Crippen LogP contribution in [0.1, 0.15) is 58.0 Å². The van der Waals surface area contributed by atoms with Crippen LogP contribution in [0.4, 0.5) is 0 Å². The SMILES string of the molecule is Cc1nc2ccccn2c1C(=O)NNC(=O)c1ccc2c(=O)n3c(nc2c1)CCCCCC3. The molecule has 9 heteroatoms. The van der Waals surface area contributed by atoms with E-state index < -0.39 is 11.8 Å². The first kappa shape index (κ1) is 20.9. The van der Waals surface area contributed by atoms with E-state index in [1.54, 1.807) is 52.4 Å². The summed E-state index contributed by atoms with van der Waals surface area (Å²) in [4.78, 5) is 47.4. The molecule has 4 aromatic rings. The number of hydrogen-bond donors (Lipinski definition) is 2. The molecule has 1 aromatic carbocycles. The average Bonchev–Trinajstić information content (AvgIpc) is 3.14. The van der Waals surface area contributed by atoms with Gasteiger partial charge < -0.3 is 0 Å². The molecule has 0 saturated heterocycles. The molecule has 1 aliphatic rings. The molecule has 0 radical (unpaired) electrons. The summed E-state index contributed by atoms with van der Waals surface area (Å²) >= 11 is 0. The third kappa shape index (κ3) is 3.86. The van der Waals surface area contributed by atoms with E-state index in [4.69, 9.17) is 0 Å². The highest BCUT2D eigenvalue weighted by atomic mass is 16.2. The second-order valence-electron chi connectivity index (χ2n) is 8.26. The van der Waals surface area contributed by atoms with Crippen LogP contribution < -0.4 is 16.4 Å². The van der Waals surface area contributed by atoms with E-state index in [-0.39, 0.29) is 5.56 Å². The van der Waals surface area contributed by atoms with Gasteiger partial charge in [-0.25, -0.2) is 9.97 Å². The number of pyridine rings is 1. The third-order valence-electron chi connectivity index (χ3n) is 6.04. The number of rotatable bonds is 2. The lowest BCUT2D eigenvalue weighted by Gasteiger charge is -2.16. The first-order valence-corrected chi connectivity index (χ1v) is 11.1. The van der Waals surface area contributed by atoms with Crippen molar-refractivity contribution >= 4 is 28.4 Å². The molecule has 2 N–H and O–H groups in total. The summed E-state index contributed by atoms with van der Waals surface area (Å²) in [5.74, 6) is -0.204. The summed E-state index contributed by atoms with van der Waals surface area (Å²) < 4.78 is 3.43. The number of nitrogens with one attached hydrogen (secondary N) is 2. The number of fused-ring (bicyclic) bond motifs is 3. The number of benzene rings is 1. The molecule has 2 amide bonds. The monoisotopic (exact) mass is 444 g/mol. The van der Waals surface area contributed by atoms with Crippen molar-refractivity contribution in [3.8, 4) is 0 Å². The first-order chi connectivity index (χ1) is 16.0. The van der Waals surface area contributed by atoms with Gasteiger partial charge in [-0.1, -0.05) is 18.9 Å². The molecular weight excluding hydrogens is 420 g/mol. The molecule has 3 aromatic heterocycles. The zero-order valence-corrected chi connectivity index (χ0v) is 18.3. The predicted octanol–water partition coefficient (Wildman–Crippen LogP) is 2.54. The Hall–Kier alpha value is -4.01. The number of aromatic nitrogens is 4. The number of imidazole rings is 1. The molecular formula is C24H24N6O3. The molecule has 0 unspecified atom stereocenters. The van der Waals surface area contributed by atoms with Crippen molar-refractivity contribution in [3.63, 3.8) is 0 Å². The lowest BCUT2D eigenvalue weighted by Crippen LogP contribution is -2.42. The van der Waals surface area contributed by atoms with E-state index in [1.807, 2.05) is 6.07 Å². The van der Waals surface area contributed by atoms with Gasteiger partial charge in [-0.3, -0.25) is 34.2 Å². The lowest BCUT2D eigenvalue weighted by molar-refractivity contribution is 0.0843. The van der Waals surface area contributed by atoms with Crippen molar-refractivity contribution in [1.82, 2.24) is 29.8 Å². The van der Waals surface area contributed by atoms with Crippen LogP contribution in [0.2, 0.25) is 0 Å². The number of carbonyl (C=O) groups excluding carboxylic acids is 2. The molecule has 1 aliphatic heterocycles. The van der Waals surface area contributed by atoms with Gasteiger partial charge in [-0.15, -0.1) is 0 Å². The van der Waals surface area contributed by atoms with Crippen LogP contribution in [-0.2, 0) is 13.0 Å². The lowest BCUT2D eigenvalue weighted by atomic mass is 10.1. The van der Waals surface area contributed by atoms with Crippen molar-refractivity contribution in [2.45, 2.75) is 45.6 Å². The van der Waals surface area contributed by atoms with Crippen LogP contribution in [0.5, 0.6) is 0 Å². The van der Waals surface area contributed by atoms with Gasteiger partial charge in [0.1, 0.15) is 17.2 Å². The maximum atomic E-state index is 13.0. The van der Waals surface area contributed by atoms with Gasteiger partial charge in [0.15, 0.2) is 0 Å². The van der Waals surface area contributed by atoms with Gasteiger partial charge in [0, 0.05) is 24.7 Å². The van der Waals surface area contributed by atoms with Gasteiger partial charge in [-0.05, 0) is 50.1 Å². The summed E-state index contributed by atoms with van der Waals surface area (Å²) in [5, 5.41) is 0.487. The van der Waals surface area contributed by atoms with Crippen LogP contribution in [-0.4, -0.2) is 30.8 Å². The molecule has 33 heavy (non-hydrogen) atoms. The maximum absolute atomic E-state index is 13.0. The number of amides is 2. The number of aryl methyl sites for hydroxylation is 2. The van der Waals surface area contributed by atoms with Crippen LogP contribution in [0.3, 0.4) is 0 Å². The third-order valence-corrected chi connectivity index (χ3v) is 6.04. The second kappa shape index (κ2) is 8.50. The molecule has 0 bridgehead atoms. The molecule has 0 spiro atoms. The second-order valence-corrected chi connectivity index (χ2v) is 8.26.